The second kappa shape index (κ2) is 8.35. The lowest BCUT2D eigenvalue weighted by Crippen LogP contribution is -2.28. The highest BCUT2D eigenvalue weighted by atomic mass is 32.2. The minimum absolute atomic E-state index is 0.0727. The summed E-state index contributed by atoms with van der Waals surface area (Å²) in [5.74, 6) is -1.10. The number of carboxylic acid groups (broad SMARTS) is 1. The third-order valence-electron chi connectivity index (χ3n) is 7.86. The Morgan fingerprint density at radius 3 is 2.65 bits per heavy atom. The molecule has 5 nitrogen and oxygen atoms in total. The van der Waals surface area contributed by atoms with E-state index in [4.69, 9.17) is 4.74 Å². The molecule has 2 aromatic carbocycles. The molecule has 1 heterocycles. The van der Waals surface area contributed by atoms with E-state index in [-0.39, 0.29) is 16.4 Å². The van der Waals surface area contributed by atoms with Gasteiger partial charge in [0.1, 0.15) is 11.7 Å². The standard InChI is InChI=1S/C28H29NO4S/c1-5-28(6-2)22-12-18-11-17(24(27(30)31)15(3)29-32)8-10-20(18)26(22)34-23-13-16-7-9-19(33-4)14-21(16)25(23)28/h7-12,14,24,26,32H,5-6,13H2,1-4H3,(H,30,31). The molecule has 2 aliphatic carbocycles. The first-order valence-electron chi connectivity index (χ1n) is 11.7. The van der Waals surface area contributed by atoms with Crippen LogP contribution < -0.4 is 4.74 Å². The zero-order valence-electron chi connectivity index (χ0n) is 19.9. The van der Waals surface area contributed by atoms with Crippen LogP contribution in [0.2, 0.25) is 0 Å². The number of methoxy groups -OCH3 is 1. The number of oxime groups is 1. The molecule has 0 saturated carbocycles. The molecular weight excluding hydrogens is 446 g/mol. The second-order valence-electron chi connectivity index (χ2n) is 9.29. The summed E-state index contributed by atoms with van der Waals surface area (Å²) >= 11 is 1.94. The van der Waals surface area contributed by atoms with Crippen molar-refractivity contribution < 1.29 is 19.8 Å². The van der Waals surface area contributed by atoms with Crippen molar-refractivity contribution in [2.75, 3.05) is 7.11 Å². The van der Waals surface area contributed by atoms with Crippen LogP contribution in [0.25, 0.3) is 11.6 Å². The summed E-state index contributed by atoms with van der Waals surface area (Å²) in [4.78, 5) is 13.4. The maximum absolute atomic E-state index is 11.9. The summed E-state index contributed by atoms with van der Waals surface area (Å²) < 4.78 is 5.56. The van der Waals surface area contributed by atoms with Gasteiger partial charge in [0.05, 0.1) is 18.1 Å². The van der Waals surface area contributed by atoms with E-state index in [1.54, 1.807) is 14.0 Å². The van der Waals surface area contributed by atoms with Crippen molar-refractivity contribution >= 4 is 35.1 Å². The predicted molar refractivity (Wildman–Crippen MR) is 137 cm³/mol. The smallest absolute Gasteiger partial charge is 0.316 e. The zero-order valence-corrected chi connectivity index (χ0v) is 20.7. The van der Waals surface area contributed by atoms with Crippen molar-refractivity contribution in [1.29, 1.82) is 0 Å². The zero-order chi connectivity index (χ0) is 24.2. The molecule has 0 aromatic heterocycles. The molecular formula is C28H29NO4S. The van der Waals surface area contributed by atoms with Gasteiger partial charge in [-0.3, -0.25) is 4.79 Å². The number of fused-ring (bicyclic) bond motifs is 5. The number of benzene rings is 2. The van der Waals surface area contributed by atoms with E-state index in [9.17, 15) is 15.1 Å². The third-order valence-corrected chi connectivity index (χ3v) is 9.23. The number of rotatable bonds is 6. The van der Waals surface area contributed by atoms with Gasteiger partial charge < -0.3 is 15.1 Å². The van der Waals surface area contributed by atoms with Crippen LogP contribution >= 0.6 is 11.8 Å². The van der Waals surface area contributed by atoms with Crippen LogP contribution in [-0.4, -0.2) is 29.1 Å². The van der Waals surface area contributed by atoms with Crippen LogP contribution in [0.15, 0.2) is 52.0 Å². The normalized spacial score (nSPS) is 20.8. The number of hydrogen-bond donors (Lipinski definition) is 2. The molecule has 0 radical (unpaired) electrons. The largest absolute Gasteiger partial charge is 0.497 e. The lowest BCUT2D eigenvalue weighted by molar-refractivity contribution is -0.137. The van der Waals surface area contributed by atoms with E-state index >= 15 is 0 Å². The molecule has 5 rings (SSSR count). The van der Waals surface area contributed by atoms with Crippen LogP contribution in [-0.2, 0) is 11.2 Å². The van der Waals surface area contributed by atoms with Crippen LogP contribution in [0.1, 0.15) is 72.6 Å². The van der Waals surface area contributed by atoms with Gasteiger partial charge in [-0.25, -0.2) is 0 Å². The van der Waals surface area contributed by atoms with E-state index in [1.165, 1.54) is 32.7 Å². The van der Waals surface area contributed by atoms with Gasteiger partial charge in [-0.2, -0.15) is 0 Å². The van der Waals surface area contributed by atoms with Gasteiger partial charge in [-0.05, 0) is 75.8 Å². The van der Waals surface area contributed by atoms with E-state index < -0.39 is 11.9 Å². The van der Waals surface area contributed by atoms with Gasteiger partial charge in [0.15, 0.2) is 0 Å². The fourth-order valence-electron chi connectivity index (χ4n) is 6.09. The molecule has 3 aliphatic rings. The Bertz CT molecular complexity index is 1290. The topological polar surface area (TPSA) is 79.1 Å². The molecule has 2 N–H and O–H groups in total. The highest BCUT2D eigenvalue weighted by molar-refractivity contribution is 8.03. The fraction of sp³-hybridized carbons (Fsp3) is 0.357. The minimum atomic E-state index is -1.02. The summed E-state index contributed by atoms with van der Waals surface area (Å²) in [5, 5.41) is 22.4. The maximum atomic E-state index is 11.9. The Balaban J connectivity index is 1.64. The first-order valence-corrected chi connectivity index (χ1v) is 12.6. The number of nitrogens with zero attached hydrogens (tertiary/aromatic N) is 1. The molecule has 34 heavy (non-hydrogen) atoms. The van der Waals surface area contributed by atoms with Gasteiger partial charge in [-0.15, -0.1) is 11.8 Å². The van der Waals surface area contributed by atoms with Gasteiger partial charge in [0.25, 0.3) is 0 Å². The van der Waals surface area contributed by atoms with E-state index in [0.717, 1.165) is 30.6 Å². The van der Waals surface area contributed by atoms with E-state index in [1.807, 2.05) is 23.9 Å². The summed E-state index contributed by atoms with van der Waals surface area (Å²) in [7, 11) is 1.71. The first-order chi connectivity index (χ1) is 16.4. The van der Waals surface area contributed by atoms with Crippen LogP contribution in [0, 0.1) is 5.41 Å². The second-order valence-corrected chi connectivity index (χ2v) is 10.5. The van der Waals surface area contributed by atoms with Crippen molar-refractivity contribution in [2.24, 2.45) is 10.6 Å². The molecule has 6 heteroatoms. The molecule has 0 amide bonds. The fourth-order valence-corrected chi connectivity index (χ4v) is 7.80. The lowest BCUT2D eigenvalue weighted by atomic mass is 9.67. The number of thioether (sulfide) groups is 1. The van der Waals surface area contributed by atoms with Crippen LogP contribution in [0.3, 0.4) is 0 Å². The molecule has 2 atom stereocenters. The lowest BCUT2D eigenvalue weighted by Gasteiger charge is -2.43. The first kappa shape index (κ1) is 22.8. The number of carbonyl (C=O) groups is 1. The number of hydrogen-bond acceptors (Lipinski definition) is 5. The molecule has 2 aromatic rings. The number of carboxylic acids is 1. The molecule has 0 bridgehead atoms. The number of allylic oxidation sites excluding steroid dienone is 2. The molecule has 0 fully saturated rings. The van der Waals surface area contributed by atoms with Crippen molar-refractivity contribution in [3.05, 3.63) is 74.7 Å². The average Bonchev–Trinajstić information content (AvgIpc) is 3.40. The highest BCUT2D eigenvalue weighted by Crippen LogP contribution is 2.67. The molecule has 176 valence electrons. The van der Waals surface area contributed by atoms with Gasteiger partial charge in [0, 0.05) is 11.8 Å². The Morgan fingerprint density at radius 2 is 2.00 bits per heavy atom. The number of ether oxygens (including phenoxy) is 1. The summed E-state index contributed by atoms with van der Waals surface area (Å²) in [6.07, 6.45) is 5.23. The van der Waals surface area contributed by atoms with Crippen molar-refractivity contribution in [3.63, 3.8) is 0 Å². The molecule has 1 aliphatic heterocycles. The van der Waals surface area contributed by atoms with Crippen molar-refractivity contribution in [2.45, 2.75) is 51.2 Å². The van der Waals surface area contributed by atoms with E-state index in [0.29, 0.717) is 5.56 Å². The van der Waals surface area contributed by atoms with Gasteiger partial charge in [-0.1, -0.05) is 49.3 Å². The Kier molecular flexibility index (Phi) is 5.59. The highest BCUT2D eigenvalue weighted by Gasteiger charge is 2.49. The van der Waals surface area contributed by atoms with Crippen LogP contribution in [0.5, 0.6) is 5.75 Å². The van der Waals surface area contributed by atoms with Gasteiger partial charge >= 0.3 is 5.97 Å². The number of aliphatic carboxylic acids is 1. The third kappa shape index (κ3) is 3.15. The molecule has 2 unspecified atom stereocenters. The maximum Gasteiger partial charge on any atom is 0.316 e. The van der Waals surface area contributed by atoms with Crippen molar-refractivity contribution in [3.8, 4) is 5.75 Å². The molecule has 0 spiro atoms. The summed E-state index contributed by atoms with van der Waals surface area (Å²) in [6.45, 7) is 6.09. The summed E-state index contributed by atoms with van der Waals surface area (Å²) in [6, 6.07) is 12.3. The molecule has 0 saturated heterocycles. The Hall–Kier alpha value is -2.99. The minimum Gasteiger partial charge on any atom is -0.497 e. The van der Waals surface area contributed by atoms with Crippen molar-refractivity contribution in [1.82, 2.24) is 0 Å². The van der Waals surface area contributed by atoms with Gasteiger partial charge in [0.2, 0.25) is 0 Å². The van der Waals surface area contributed by atoms with Crippen LogP contribution in [0.4, 0.5) is 0 Å². The average molecular weight is 476 g/mol. The monoisotopic (exact) mass is 475 g/mol. The predicted octanol–water partition coefficient (Wildman–Crippen LogP) is 6.67. The Morgan fingerprint density at radius 1 is 1.24 bits per heavy atom. The quantitative estimate of drug-likeness (QED) is 0.277. The Labute approximate surface area is 204 Å². The summed E-state index contributed by atoms with van der Waals surface area (Å²) in [5.41, 5.74) is 8.56. The SMILES string of the molecule is CCC1(CC)C2=Cc3cc(C(C(=O)O)C(C)=NO)ccc3C2SC2=C1c1cc(OC)ccc1C2. The van der Waals surface area contributed by atoms with E-state index in [2.05, 4.69) is 49.3 Å².